The zero-order chi connectivity index (χ0) is 13.1. The summed E-state index contributed by atoms with van der Waals surface area (Å²) in [5, 5.41) is 0.689. The van der Waals surface area contributed by atoms with Crippen molar-refractivity contribution in [1.29, 1.82) is 0 Å². The summed E-state index contributed by atoms with van der Waals surface area (Å²) in [6.07, 6.45) is 2.51. The van der Waals surface area contributed by atoms with E-state index in [4.69, 9.17) is 17.3 Å². The van der Waals surface area contributed by atoms with Crippen LogP contribution in [0.4, 0.5) is 0 Å². The molecule has 1 aliphatic rings. The lowest BCUT2D eigenvalue weighted by Crippen LogP contribution is -2.33. The normalized spacial score (nSPS) is 23.7. The van der Waals surface area contributed by atoms with E-state index in [1.807, 2.05) is 29.2 Å². The summed E-state index contributed by atoms with van der Waals surface area (Å²) in [7, 11) is 0. The summed E-state index contributed by atoms with van der Waals surface area (Å²) in [6.45, 7) is 2.90. The second-order valence-corrected chi connectivity index (χ2v) is 5.24. The van der Waals surface area contributed by atoms with Gasteiger partial charge in [0.15, 0.2) is 0 Å². The van der Waals surface area contributed by atoms with Gasteiger partial charge in [-0.15, -0.1) is 0 Å². The second-order valence-electron chi connectivity index (χ2n) is 4.81. The van der Waals surface area contributed by atoms with Gasteiger partial charge in [0, 0.05) is 24.0 Å². The summed E-state index contributed by atoms with van der Waals surface area (Å²) in [5.41, 5.74) is 7.15. The van der Waals surface area contributed by atoms with Gasteiger partial charge in [-0.05, 0) is 24.1 Å². The monoisotopic (exact) mass is 266 g/mol. The van der Waals surface area contributed by atoms with E-state index in [1.165, 1.54) is 0 Å². The molecule has 0 aliphatic carbocycles. The van der Waals surface area contributed by atoms with E-state index in [-0.39, 0.29) is 18.0 Å². The number of carbonyl (C=O) groups is 1. The topological polar surface area (TPSA) is 46.3 Å². The maximum Gasteiger partial charge on any atom is 0.224 e. The van der Waals surface area contributed by atoms with Crippen LogP contribution in [0.5, 0.6) is 0 Å². The van der Waals surface area contributed by atoms with Crippen molar-refractivity contribution in [3.63, 3.8) is 0 Å². The Morgan fingerprint density at radius 1 is 1.50 bits per heavy atom. The first kappa shape index (κ1) is 13.4. The molecule has 18 heavy (non-hydrogen) atoms. The summed E-state index contributed by atoms with van der Waals surface area (Å²) in [6, 6.07) is 7.49. The van der Waals surface area contributed by atoms with E-state index in [0.717, 1.165) is 24.9 Å². The zero-order valence-corrected chi connectivity index (χ0v) is 11.4. The van der Waals surface area contributed by atoms with Crippen LogP contribution in [0, 0.1) is 0 Å². The van der Waals surface area contributed by atoms with Gasteiger partial charge in [-0.25, -0.2) is 0 Å². The number of likely N-dealkylation sites (tertiary alicyclic amines) is 1. The van der Waals surface area contributed by atoms with Gasteiger partial charge >= 0.3 is 0 Å². The van der Waals surface area contributed by atoms with Crippen LogP contribution in [-0.4, -0.2) is 23.4 Å². The highest BCUT2D eigenvalue weighted by atomic mass is 35.5. The van der Waals surface area contributed by atoms with Gasteiger partial charge in [0.2, 0.25) is 5.91 Å². The highest BCUT2D eigenvalue weighted by Gasteiger charge is 2.37. The standard InChI is InChI=1S/C14H19ClN2O/c1-2-3-7-17-13(18)9-12(16)14(17)10-5-4-6-11(15)8-10/h4-6,8,12,14H,2-3,7,9,16H2,1H3. The van der Waals surface area contributed by atoms with Crippen LogP contribution in [0.25, 0.3) is 0 Å². The van der Waals surface area contributed by atoms with Crippen molar-refractivity contribution < 1.29 is 4.79 Å². The van der Waals surface area contributed by atoms with Gasteiger partial charge < -0.3 is 10.6 Å². The smallest absolute Gasteiger partial charge is 0.224 e. The molecule has 4 heteroatoms. The molecule has 0 aromatic heterocycles. The van der Waals surface area contributed by atoms with E-state index in [1.54, 1.807) is 0 Å². The quantitative estimate of drug-likeness (QED) is 0.911. The van der Waals surface area contributed by atoms with Crippen LogP contribution in [0.15, 0.2) is 24.3 Å². The number of benzene rings is 1. The minimum absolute atomic E-state index is 0.0252. The predicted molar refractivity (Wildman–Crippen MR) is 73.4 cm³/mol. The van der Waals surface area contributed by atoms with Gasteiger partial charge in [-0.2, -0.15) is 0 Å². The molecule has 1 saturated heterocycles. The van der Waals surface area contributed by atoms with Crippen molar-refractivity contribution in [2.45, 2.75) is 38.3 Å². The number of hydrogen-bond acceptors (Lipinski definition) is 2. The third-order valence-corrected chi connectivity index (χ3v) is 3.65. The van der Waals surface area contributed by atoms with Crippen LogP contribution in [-0.2, 0) is 4.79 Å². The van der Waals surface area contributed by atoms with Crippen LogP contribution in [0.2, 0.25) is 5.02 Å². The molecule has 0 bridgehead atoms. The number of nitrogens with zero attached hydrogens (tertiary/aromatic N) is 1. The average Bonchev–Trinajstić information content (AvgIpc) is 2.61. The highest BCUT2D eigenvalue weighted by Crippen LogP contribution is 2.33. The summed E-state index contributed by atoms with van der Waals surface area (Å²) >= 11 is 6.02. The van der Waals surface area contributed by atoms with Gasteiger partial charge in [-0.3, -0.25) is 4.79 Å². The number of rotatable bonds is 4. The Morgan fingerprint density at radius 3 is 2.94 bits per heavy atom. The van der Waals surface area contributed by atoms with Gasteiger partial charge in [0.25, 0.3) is 0 Å². The minimum atomic E-state index is -0.132. The molecule has 2 unspecified atom stereocenters. The first-order chi connectivity index (χ1) is 8.63. The molecule has 0 saturated carbocycles. The van der Waals surface area contributed by atoms with E-state index in [0.29, 0.717) is 11.4 Å². The van der Waals surface area contributed by atoms with E-state index < -0.39 is 0 Å². The first-order valence-corrected chi connectivity index (χ1v) is 6.81. The van der Waals surface area contributed by atoms with Crippen molar-refractivity contribution in [2.24, 2.45) is 5.73 Å². The van der Waals surface area contributed by atoms with Gasteiger partial charge in [0.1, 0.15) is 0 Å². The van der Waals surface area contributed by atoms with Crippen LogP contribution >= 0.6 is 11.6 Å². The number of amides is 1. The van der Waals surface area contributed by atoms with Crippen LogP contribution in [0.1, 0.15) is 37.8 Å². The van der Waals surface area contributed by atoms with Crippen molar-refractivity contribution in [2.75, 3.05) is 6.54 Å². The molecular formula is C14H19ClN2O. The average molecular weight is 267 g/mol. The third-order valence-electron chi connectivity index (χ3n) is 3.41. The predicted octanol–water partition coefficient (Wildman–Crippen LogP) is 2.74. The molecule has 3 nitrogen and oxygen atoms in total. The maximum absolute atomic E-state index is 12.0. The molecule has 1 amide bonds. The molecule has 1 heterocycles. The van der Waals surface area contributed by atoms with Crippen molar-refractivity contribution >= 4 is 17.5 Å². The van der Waals surface area contributed by atoms with Gasteiger partial charge in [-0.1, -0.05) is 37.1 Å². The Bertz CT molecular complexity index is 436. The molecule has 1 aromatic carbocycles. The number of carbonyl (C=O) groups excluding carboxylic acids is 1. The number of unbranched alkanes of at least 4 members (excludes halogenated alkanes) is 1. The highest BCUT2D eigenvalue weighted by molar-refractivity contribution is 6.30. The minimum Gasteiger partial charge on any atom is -0.334 e. The molecule has 0 spiro atoms. The largest absolute Gasteiger partial charge is 0.334 e. The number of hydrogen-bond donors (Lipinski definition) is 1. The second kappa shape index (κ2) is 5.72. The summed E-state index contributed by atoms with van der Waals surface area (Å²) in [4.78, 5) is 13.9. The zero-order valence-electron chi connectivity index (χ0n) is 10.6. The Balaban J connectivity index is 2.24. The Labute approximate surface area is 113 Å². The summed E-state index contributed by atoms with van der Waals surface area (Å²) in [5.74, 6) is 0.154. The van der Waals surface area contributed by atoms with E-state index in [9.17, 15) is 4.79 Å². The summed E-state index contributed by atoms with van der Waals surface area (Å²) < 4.78 is 0. The lowest BCUT2D eigenvalue weighted by Gasteiger charge is -2.27. The van der Waals surface area contributed by atoms with E-state index in [2.05, 4.69) is 6.92 Å². The molecule has 1 aliphatic heterocycles. The molecule has 1 aromatic rings. The Morgan fingerprint density at radius 2 is 2.28 bits per heavy atom. The van der Waals surface area contributed by atoms with Crippen LogP contribution < -0.4 is 5.73 Å². The lowest BCUT2D eigenvalue weighted by atomic mass is 10.0. The van der Waals surface area contributed by atoms with Crippen molar-refractivity contribution in [3.8, 4) is 0 Å². The SMILES string of the molecule is CCCCN1C(=O)CC(N)C1c1cccc(Cl)c1. The van der Waals surface area contributed by atoms with Crippen LogP contribution in [0.3, 0.4) is 0 Å². The fourth-order valence-corrected chi connectivity index (χ4v) is 2.73. The third kappa shape index (κ3) is 2.68. The molecule has 2 rings (SSSR count). The van der Waals surface area contributed by atoms with Crippen molar-refractivity contribution in [1.82, 2.24) is 4.90 Å². The molecule has 0 radical (unpaired) electrons. The van der Waals surface area contributed by atoms with Gasteiger partial charge in [0.05, 0.1) is 6.04 Å². The molecule has 98 valence electrons. The number of nitrogens with two attached hydrogens (primary N) is 1. The maximum atomic E-state index is 12.0. The Kier molecular flexibility index (Phi) is 4.25. The van der Waals surface area contributed by atoms with E-state index >= 15 is 0 Å². The fraction of sp³-hybridized carbons (Fsp3) is 0.500. The molecule has 2 N–H and O–H groups in total. The number of halogens is 1. The fourth-order valence-electron chi connectivity index (χ4n) is 2.53. The first-order valence-electron chi connectivity index (χ1n) is 6.44. The lowest BCUT2D eigenvalue weighted by molar-refractivity contribution is -0.129. The van der Waals surface area contributed by atoms with Crippen molar-refractivity contribution in [3.05, 3.63) is 34.9 Å². The Hall–Kier alpha value is -1.06. The molecule has 1 fully saturated rings. The molecule has 2 atom stereocenters. The molecular weight excluding hydrogens is 248 g/mol.